The molecular weight excluding hydrogens is 458 g/mol. The van der Waals surface area contributed by atoms with Crippen molar-refractivity contribution >= 4 is 56.6 Å². The van der Waals surface area contributed by atoms with Gasteiger partial charge in [-0.2, -0.15) is 11.8 Å². The number of hydrogen-bond donors (Lipinski definition) is 1. The predicted molar refractivity (Wildman–Crippen MR) is 119 cm³/mol. The molecule has 0 radical (unpaired) electrons. The number of sulfonamides is 1. The van der Waals surface area contributed by atoms with Crippen LogP contribution < -0.4 is 9.62 Å². The van der Waals surface area contributed by atoms with Gasteiger partial charge in [0.2, 0.25) is 15.9 Å². The molecule has 10 heteroatoms. The first-order valence-corrected chi connectivity index (χ1v) is 12.4. The van der Waals surface area contributed by atoms with E-state index in [0.29, 0.717) is 11.6 Å². The van der Waals surface area contributed by atoms with E-state index in [1.807, 2.05) is 24.3 Å². The molecule has 0 atom stereocenters. The zero-order valence-electron chi connectivity index (χ0n) is 15.7. The third kappa shape index (κ3) is 8.04. The largest absolute Gasteiger partial charge is 0.354 e. The molecule has 0 aromatic heterocycles. The van der Waals surface area contributed by atoms with Crippen LogP contribution in [0, 0.1) is 5.82 Å². The van der Waals surface area contributed by atoms with Crippen LogP contribution in [0.4, 0.5) is 10.1 Å². The minimum Gasteiger partial charge on any atom is -0.354 e. The number of rotatable bonds is 10. The lowest BCUT2D eigenvalue weighted by molar-refractivity contribution is -0.119. The van der Waals surface area contributed by atoms with Crippen molar-refractivity contribution < 1.29 is 17.6 Å². The van der Waals surface area contributed by atoms with Crippen molar-refractivity contribution in [1.29, 1.82) is 0 Å². The third-order valence-corrected chi connectivity index (χ3v) is 6.65. The molecule has 0 aliphatic rings. The highest BCUT2D eigenvalue weighted by atomic mass is 35.5. The number of amides is 1. The molecule has 0 bridgehead atoms. The maximum Gasteiger partial charge on any atom is 0.240 e. The Hall–Kier alpha value is -1.48. The van der Waals surface area contributed by atoms with Crippen LogP contribution in [0.3, 0.4) is 0 Å². The SMILES string of the molecule is CS(=O)(=O)N(CC(=O)NCCCSCc1ccc(Cl)cc1)c1ccc(F)c(Cl)c1. The number of anilines is 1. The standard InChI is InChI=1S/C19H21Cl2FN2O3S2/c1-29(26,27)24(16-7-8-18(22)17(21)11-16)12-19(25)23-9-2-10-28-13-14-3-5-15(20)6-4-14/h3-8,11H,2,9-10,12-13H2,1H3,(H,23,25). The maximum atomic E-state index is 13.3. The molecule has 5 nitrogen and oxygen atoms in total. The van der Waals surface area contributed by atoms with Gasteiger partial charge in [0, 0.05) is 17.3 Å². The molecular formula is C19H21Cl2FN2O3S2. The molecule has 0 heterocycles. The average Bonchev–Trinajstić information content (AvgIpc) is 2.65. The molecule has 0 aliphatic heterocycles. The summed E-state index contributed by atoms with van der Waals surface area (Å²) in [4.78, 5) is 12.2. The third-order valence-electron chi connectivity index (χ3n) is 3.85. The van der Waals surface area contributed by atoms with Gasteiger partial charge in [0.25, 0.3) is 0 Å². The monoisotopic (exact) mass is 478 g/mol. The predicted octanol–water partition coefficient (Wildman–Crippen LogP) is 4.34. The molecule has 0 fully saturated rings. The Kier molecular flexibility index (Phi) is 9.07. The lowest BCUT2D eigenvalue weighted by atomic mass is 10.2. The quantitative estimate of drug-likeness (QED) is 0.515. The Morgan fingerprint density at radius 3 is 2.48 bits per heavy atom. The van der Waals surface area contributed by atoms with Crippen LogP contribution >= 0.6 is 35.0 Å². The van der Waals surface area contributed by atoms with Gasteiger partial charge in [0.05, 0.1) is 17.0 Å². The minimum absolute atomic E-state index is 0.132. The topological polar surface area (TPSA) is 66.5 Å². The second-order valence-corrected chi connectivity index (χ2v) is 10.1. The van der Waals surface area contributed by atoms with Crippen molar-refractivity contribution in [2.75, 3.05) is 29.4 Å². The number of nitrogens with one attached hydrogen (secondary N) is 1. The number of benzene rings is 2. The number of carbonyl (C=O) groups excluding carboxylic acids is 1. The van der Waals surface area contributed by atoms with Gasteiger partial charge in [-0.05, 0) is 48.1 Å². The minimum atomic E-state index is -3.74. The van der Waals surface area contributed by atoms with Gasteiger partial charge in [-0.25, -0.2) is 12.8 Å². The molecule has 2 rings (SSSR count). The van der Waals surface area contributed by atoms with E-state index in [0.717, 1.165) is 34.6 Å². The zero-order chi connectivity index (χ0) is 21.4. The Balaban J connectivity index is 1.78. The van der Waals surface area contributed by atoms with E-state index in [1.165, 1.54) is 17.7 Å². The van der Waals surface area contributed by atoms with E-state index in [4.69, 9.17) is 23.2 Å². The van der Waals surface area contributed by atoms with Crippen molar-refractivity contribution in [3.8, 4) is 0 Å². The smallest absolute Gasteiger partial charge is 0.240 e. The molecule has 0 spiro atoms. The van der Waals surface area contributed by atoms with Crippen molar-refractivity contribution in [3.63, 3.8) is 0 Å². The van der Waals surface area contributed by atoms with Crippen LogP contribution in [0.15, 0.2) is 42.5 Å². The molecule has 2 aromatic carbocycles. The molecule has 29 heavy (non-hydrogen) atoms. The molecule has 158 valence electrons. The number of halogens is 3. The fourth-order valence-electron chi connectivity index (χ4n) is 2.40. The first-order chi connectivity index (χ1) is 13.7. The summed E-state index contributed by atoms with van der Waals surface area (Å²) in [5.41, 5.74) is 1.30. The van der Waals surface area contributed by atoms with Crippen LogP contribution in [-0.2, 0) is 20.6 Å². The first kappa shape index (κ1) is 23.8. The van der Waals surface area contributed by atoms with Gasteiger partial charge in [0.1, 0.15) is 12.4 Å². The average molecular weight is 479 g/mol. The van der Waals surface area contributed by atoms with Crippen LogP contribution in [0.5, 0.6) is 0 Å². The summed E-state index contributed by atoms with van der Waals surface area (Å²) in [6.45, 7) is 0.0208. The molecule has 0 aliphatic carbocycles. The van der Waals surface area contributed by atoms with Gasteiger partial charge >= 0.3 is 0 Å². The Labute approximate surface area is 184 Å². The van der Waals surface area contributed by atoms with Crippen molar-refractivity contribution in [2.24, 2.45) is 0 Å². The van der Waals surface area contributed by atoms with Crippen LogP contribution in [-0.4, -0.2) is 39.4 Å². The fourth-order valence-corrected chi connectivity index (χ4v) is 4.47. The van der Waals surface area contributed by atoms with E-state index >= 15 is 0 Å². The van der Waals surface area contributed by atoms with Crippen molar-refractivity contribution in [3.05, 3.63) is 63.9 Å². The lowest BCUT2D eigenvalue weighted by Crippen LogP contribution is -2.40. The molecule has 0 saturated carbocycles. The highest BCUT2D eigenvalue weighted by Gasteiger charge is 2.21. The summed E-state index contributed by atoms with van der Waals surface area (Å²) in [5.74, 6) is 0.577. The van der Waals surface area contributed by atoms with Crippen LogP contribution in [0.2, 0.25) is 10.0 Å². The summed E-state index contributed by atoms with van der Waals surface area (Å²) >= 11 is 13.3. The Bertz CT molecular complexity index is 941. The van der Waals surface area contributed by atoms with Crippen LogP contribution in [0.25, 0.3) is 0 Å². The van der Waals surface area contributed by atoms with E-state index in [1.54, 1.807) is 11.8 Å². The van der Waals surface area contributed by atoms with E-state index in [9.17, 15) is 17.6 Å². The molecule has 1 N–H and O–H groups in total. The van der Waals surface area contributed by atoms with Crippen LogP contribution in [0.1, 0.15) is 12.0 Å². The van der Waals surface area contributed by atoms with E-state index in [-0.39, 0.29) is 10.7 Å². The van der Waals surface area contributed by atoms with E-state index < -0.39 is 28.3 Å². The van der Waals surface area contributed by atoms with Gasteiger partial charge < -0.3 is 5.32 Å². The lowest BCUT2D eigenvalue weighted by Gasteiger charge is -2.22. The highest BCUT2D eigenvalue weighted by molar-refractivity contribution is 7.98. The summed E-state index contributed by atoms with van der Waals surface area (Å²) < 4.78 is 38.3. The second kappa shape index (κ2) is 11.1. The highest BCUT2D eigenvalue weighted by Crippen LogP contribution is 2.24. The Morgan fingerprint density at radius 2 is 1.86 bits per heavy atom. The van der Waals surface area contributed by atoms with Gasteiger partial charge in [-0.3, -0.25) is 9.10 Å². The number of hydrogen-bond acceptors (Lipinski definition) is 4. The maximum absolute atomic E-state index is 13.3. The molecule has 0 saturated heterocycles. The summed E-state index contributed by atoms with van der Waals surface area (Å²) in [6.07, 6.45) is 1.72. The number of carbonyl (C=O) groups is 1. The summed E-state index contributed by atoms with van der Waals surface area (Å²) in [6, 6.07) is 11.1. The van der Waals surface area contributed by atoms with Gasteiger partial charge in [-0.15, -0.1) is 0 Å². The van der Waals surface area contributed by atoms with Crippen molar-refractivity contribution in [1.82, 2.24) is 5.32 Å². The first-order valence-electron chi connectivity index (χ1n) is 8.68. The fraction of sp³-hybridized carbons (Fsp3) is 0.316. The molecule has 2 aromatic rings. The molecule has 1 amide bonds. The van der Waals surface area contributed by atoms with E-state index in [2.05, 4.69) is 5.32 Å². The van der Waals surface area contributed by atoms with Gasteiger partial charge in [-0.1, -0.05) is 35.3 Å². The summed E-state index contributed by atoms with van der Waals surface area (Å²) in [5, 5.41) is 3.19. The van der Waals surface area contributed by atoms with Crippen molar-refractivity contribution in [2.45, 2.75) is 12.2 Å². The zero-order valence-corrected chi connectivity index (χ0v) is 18.8. The number of thioether (sulfide) groups is 1. The summed E-state index contributed by atoms with van der Waals surface area (Å²) in [7, 11) is -3.74. The Morgan fingerprint density at radius 1 is 1.17 bits per heavy atom. The molecule has 0 unspecified atom stereocenters. The normalized spacial score (nSPS) is 11.3. The second-order valence-electron chi connectivity index (χ2n) is 6.25. The van der Waals surface area contributed by atoms with Gasteiger partial charge in [0.15, 0.2) is 0 Å². The number of nitrogens with zero attached hydrogens (tertiary/aromatic N) is 1.